The third-order valence-corrected chi connectivity index (χ3v) is 6.13. The van der Waals surface area contributed by atoms with Crippen LogP contribution < -0.4 is 20.3 Å². The van der Waals surface area contributed by atoms with Crippen molar-refractivity contribution in [1.82, 2.24) is 9.97 Å². The largest absolute Gasteiger partial charge is 0.493 e. The van der Waals surface area contributed by atoms with Gasteiger partial charge >= 0.3 is 0 Å². The van der Waals surface area contributed by atoms with Crippen LogP contribution in [0.5, 0.6) is 11.5 Å². The molecule has 7 heteroatoms. The van der Waals surface area contributed by atoms with Crippen molar-refractivity contribution in [2.75, 3.05) is 19.0 Å². The summed E-state index contributed by atoms with van der Waals surface area (Å²) in [5.41, 5.74) is 1.95. The highest BCUT2D eigenvalue weighted by atomic mass is 32.1. The minimum absolute atomic E-state index is 0.0567. The predicted octanol–water partition coefficient (Wildman–Crippen LogP) is 4.90. The lowest BCUT2D eigenvalue weighted by Gasteiger charge is -2.12. The Balaban J connectivity index is 1.82. The molecule has 0 aliphatic rings. The molecule has 0 aliphatic carbocycles. The van der Waals surface area contributed by atoms with E-state index in [2.05, 4.69) is 31.1 Å². The van der Waals surface area contributed by atoms with Crippen molar-refractivity contribution in [3.05, 3.63) is 44.8 Å². The number of hydrogen-bond acceptors (Lipinski definition) is 6. The van der Waals surface area contributed by atoms with Gasteiger partial charge in [-0.05, 0) is 43.9 Å². The van der Waals surface area contributed by atoms with Gasteiger partial charge in [-0.25, -0.2) is 4.98 Å². The third-order valence-electron chi connectivity index (χ3n) is 5.08. The molecule has 0 saturated carbocycles. The number of methoxy groups -OCH3 is 1. The Bertz CT molecular complexity index is 1040. The average Bonchev–Trinajstić information content (AvgIpc) is 3.02. The number of rotatable bonds is 9. The maximum Gasteiger partial charge on any atom is 0.259 e. The monoisotopic (exact) mass is 415 g/mol. The standard InChI is InChI=1S/C22H29N3O3S/c1-6-13(3)10-16-14(4)29-22-20(16)21(26)24-19(25-22)12-23-15-8-9-17(28-7-2)18(11-15)27-5/h8-9,11,13,23H,6-7,10,12H2,1-5H3,(H,24,25,26)/t13-/m1/s1. The number of fused-ring (bicyclic) bond motifs is 1. The molecular weight excluding hydrogens is 386 g/mol. The summed E-state index contributed by atoms with van der Waals surface area (Å²) >= 11 is 1.60. The summed E-state index contributed by atoms with van der Waals surface area (Å²) in [4.78, 5) is 22.4. The van der Waals surface area contributed by atoms with Crippen LogP contribution in [0.25, 0.3) is 10.2 Å². The van der Waals surface area contributed by atoms with Gasteiger partial charge in [-0.3, -0.25) is 4.79 Å². The van der Waals surface area contributed by atoms with E-state index in [1.54, 1.807) is 18.4 Å². The number of benzene rings is 1. The van der Waals surface area contributed by atoms with Gasteiger partial charge in [0.2, 0.25) is 0 Å². The van der Waals surface area contributed by atoms with Gasteiger partial charge in [-0.2, -0.15) is 0 Å². The van der Waals surface area contributed by atoms with Gasteiger partial charge in [0.15, 0.2) is 11.5 Å². The number of nitrogens with zero attached hydrogens (tertiary/aromatic N) is 1. The number of aryl methyl sites for hydroxylation is 1. The van der Waals surface area contributed by atoms with Crippen molar-refractivity contribution in [3.8, 4) is 11.5 Å². The molecule has 0 aliphatic heterocycles. The number of ether oxygens (including phenoxy) is 2. The second-order valence-electron chi connectivity index (χ2n) is 7.20. The zero-order chi connectivity index (χ0) is 21.0. The molecule has 3 rings (SSSR count). The molecule has 2 aromatic heterocycles. The fourth-order valence-corrected chi connectivity index (χ4v) is 4.35. The first-order valence-electron chi connectivity index (χ1n) is 10.0. The van der Waals surface area contributed by atoms with E-state index in [1.807, 2.05) is 25.1 Å². The Morgan fingerprint density at radius 2 is 2.07 bits per heavy atom. The molecule has 0 radical (unpaired) electrons. The van der Waals surface area contributed by atoms with E-state index in [0.717, 1.165) is 34.3 Å². The molecule has 0 spiro atoms. The van der Waals surface area contributed by atoms with Crippen LogP contribution in [0.2, 0.25) is 0 Å². The third kappa shape index (κ3) is 4.72. The average molecular weight is 416 g/mol. The molecule has 0 bridgehead atoms. The van der Waals surface area contributed by atoms with Crippen molar-refractivity contribution in [2.24, 2.45) is 5.92 Å². The van der Waals surface area contributed by atoms with Gasteiger partial charge < -0.3 is 19.8 Å². The topological polar surface area (TPSA) is 76.2 Å². The summed E-state index contributed by atoms with van der Waals surface area (Å²) in [5.74, 6) is 2.53. The summed E-state index contributed by atoms with van der Waals surface area (Å²) < 4.78 is 10.9. The van der Waals surface area contributed by atoms with Crippen LogP contribution in [-0.4, -0.2) is 23.7 Å². The van der Waals surface area contributed by atoms with Crippen LogP contribution in [0.1, 0.15) is 43.5 Å². The van der Waals surface area contributed by atoms with Gasteiger partial charge in [-0.15, -0.1) is 11.3 Å². The lowest BCUT2D eigenvalue weighted by atomic mass is 9.98. The number of anilines is 1. The Morgan fingerprint density at radius 1 is 1.28 bits per heavy atom. The molecule has 0 unspecified atom stereocenters. The molecule has 1 aromatic carbocycles. The smallest absolute Gasteiger partial charge is 0.259 e. The quantitative estimate of drug-likeness (QED) is 0.520. The number of aromatic amines is 1. The van der Waals surface area contributed by atoms with Gasteiger partial charge in [0.25, 0.3) is 5.56 Å². The van der Waals surface area contributed by atoms with E-state index in [4.69, 9.17) is 14.5 Å². The fourth-order valence-electron chi connectivity index (χ4n) is 3.28. The lowest BCUT2D eigenvalue weighted by molar-refractivity contribution is 0.311. The maximum atomic E-state index is 12.8. The molecule has 156 valence electrons. The van der Waals surface area contributed by atoms with Crippen molar-refractivity contribution in [3.63, 3.8) is 0 Å². The molecule has 0 fully saturated rings. The molecule has 29 heavy (non-hydrogen) atoms. The van der Waals surface area contributed by atoms with Crippen LogP contribution in [0, 0.1) is 12.8 Å². The van der Waals surface area contributed by atoms with E-state index < -0.39 is 0 Å². The van der Waals surface area contributed by atoms with Crippen molar-refractivity contribution >= 4 is 27.2 Å². The normalized spacial score (nSPS) is 12.2. The molecule has 2 heterocycles. The molecular formula is C22H29N3O3S. The number of thiophene rings is 1. The second kappa shape index (κ2) is 9.31. The number of nitrogens with one attached hydrogen (secondary N) is 2. The highest BCUT2D eigenvalue weighted by Crippen LogP contribution is 2.31. The van der Waals surface area contributed by atoms with Crippen molar-refractivity contribution < 1.29 is 9.47 Å². The highest BCUT2D eigenvalue weighted by molar-refractivity contribution is 7.18. The second-order valence-corrected chi connectivity index (χ2v) is 8.40. The first-order valence-corrected chi connectivity index (χ1v) is 10.8. The summed E-state index contributed by atoms with van der Waals surface area (Å²) in [6.07, 6.45) is 2.01. The summed E-state index contributed by atoms with van der Waals surface area (Å²) in [5, 5.41) is 4.05. The van der Waals surface area contributed by atoms with E-state index >= 15 is 0 Å². The maximum absolute atomic E-state index is 12.8. The Labute approximate surface area is 175 Å². The number of H-pyrrole nitrogens is 1. The molecule has 1 atom stereocenters. The minimum atomic E-state index is -0.0567. The van der Waals surface area contributed by atoms with Crippen LogP contribution in [0.4, 0.5) is 5.69 Å². The molecule has 0 amide bonds. The van der Waals surface area contributed by atoms with Crippen LogP contribution in [0.3, 0.4) is 0 Å². The Morgan fingerprint density at radius 3 is 2.76 bits per heavy atom. The van der Waals surface area contributed by atoms with E-state index in [0.29, 0.717) is 36.4 Å². The zero-order valence-electron chi connectivity index (χ0n) is 17.7. The van der Waals surface area contributed by atoms with Crippen LogP contribution in [-0.2, 0) is 13.0 Å². The Hall–Kier alpha value is -2.54. The van der Waals surface area contributed by atoms with Gasteiger partial charge in [0, 0.05) is 16.6 Å². The van der Waals surface area contributed by atoms with Crippen molar-refractivity contribution in [1.29, 1.82) is 0 Å². The van der Waals surface area contributed by atoms with Crippen LogP contribution in [0.15, 0.2) is 23.0 Å². The first kappa shape index (κ1) is 21.2. The summed E-state index contributed by atoms with van der Waals surface area (Å²) in [6, 6.07) is 5.67. The molecule has 3 aromatic rings. The minimum Gasteiger partial charge on any atom is -0.493 e. The van der Waals surface area contributed by atoms with E-state index in [9.17, 15) is 4.79 Å². The molecule has 2 N–H and O–H groups in total. The zero-order valence-corrected chi connectivity index (χ0v) is 18.5. The van der Waals surface area contributed by atoms with Crippen LogP contribution >= 0.6 is 11.3 Å². The fraction of sp³-hybridized carbons (Fsp3) is 0.455. The summed E-state index contributed by atoms with van der Waals surface area (Å²) in [7, 11) is 1.62. The van der Waals surface area contributed by atoms with E-state index in [-0.39, 0.29) is 5.56 Å². The number of aromatic nitrogens is 2. The highest BCUT2D eigenvalue weighted by Gasteiger charge is 2.16. The van der Waals surface area contributed by atoms with E-state index in [1.165, 1.54) is 4.88 Å². The SMILES string of the molecule is CCOc1ccc(NCc2nc3sc(C)c(C[C@H](C)CC)c3c(=O)[nH]2)cc1OC. The van der Waals surface area contributed by atoms with Gasteiger partial charge in [0.1, 0.15) is 10.7 Å². The molecule has 0 saturated heterocycles. The predicted molar refractivity (Wildman–Crippen MR) is 120 cm³/mol. The first-order chi connectivity index (χ1) is 14.0. The summed E-state index contributed by atoms with van der Waals surface area (Å²) in [6.45, 7) is 9.40. The lowest BCUT2D eigenvalue weighted by Crippen LogP contribution is -2.15. The van der Waals surface area contributed by atoms with Gasteiger partial charge in [0.05, 0.1) is 25.6 Å². The molecule has 6 nitrogen and oxygen atoms in total. The Kier molecular flexibility index (Phi) is 6.79. The number of hydrogen-bond donors (Lipinski definition) is 2. The van der Waals surface area contributed by atoms with Crippen molar-refractivity contribution in [2.45, 2.75) is 47.1 Å². The van der Waals surface area contributed by atoms with Gasteiger partial charge in [-0.1, -0.05) is 20.3 Å².